The van der Waals surface area contributed by atoms with Crippen LogP contribution in [0.3, 0.4) is 0 Å². The van der Waals surface area contributed by atoms with Gasteiger partial charge in [0.2, 0.25) is 0 Å². The highest BCUT2D eigenvalue weighted by molar-refractivity contribution is 5.27. The highest BCUT2D eigenvalue weighted by Gasteiger charge is 2.29. The average Bonchev–Trinajstić information content (AvgIpc) is 2.72. The summed E-state index contributed by atoms with van der Waals surface area (Å²) in [5.41, 5.74) is 2.97. The molecule has 0 spiro atoms. The van der Waals surface area contributed by atoms with Gasteiger partial charge in [0.05, 0.1) is 11.9 Å². The van der Waals surface area contributed by atoms with E-state index in [1.165, 1.54) is 49.9 Å². The zero-order valence-corrected chi connectivity index (χ0v) is 9.37. The maximum absolute atomic E-state index is 4.44. The van der Waals surface area contributed by atoms with Gasteiger partial charge in [-0.1, -0.05) is 6.42 Å². The van der Waals surface area contributed by atoms with Crippen molar-refractivity contribution in [2.24, 2.45) is 7.05 Å². The van der Waals surface area contributed by atoms with Crippen LogP contribution < -0.4 is 5.32 Å². The van der Waals surface area contributed by atoms with Gasteiger partial charge < -0.3 is 5.32 Å². The van der Waals surface area contributed by atoms with Gasteiger partial charge in [-0.05, 0) is 43.7 Å². The van der Waals surface area contributed by atoms with E-state index in [9.17, 15) is 0 Å². The lowest BCUT2D eigenvalue weighted by Crippen LogP contribution is -2.20. The zero-order chi connectivity index (χ0) is 10.3. The molecule has 15 heavy (non-hydrogen) atoms. The normalized spacial score (nSPS) is 26.9. The lowest BCUT2D eigenvalue weighted by Gasteiger charge is -2.27. The fourth-order valence-corrected chi connectivity index (χ4v) is 2.84. The van der Waals surface area contributed by atoms with Crippen molar-refractivity contribution in [3.8, 4) is 0 Å². The maximum atomic E-state index is 4.44. The van der Waals surface area contributed by atoms with Crippen molar-refractivity contribution in [3.63, 3.8) is 0 Å². The van der Waals surface area contributed by atoms with Crippen molar-refractivity contribution in [2.75, 3.05) is 6.54 Å². The van der Waals surface area contributed by atoms with E-state index in [0.29, 0.717) is 6.04 Å². The second kappa shape index (κ2) is 3.63. The monoisotopic (exact) mass is 205 g/mol. The Labute approximate surface area is 90.9 Å². The van der Waals surface area contributed by atoms with Gasteiger partial charge in [0.15, 0.2) is 0 Å². The Morgan fingerprint density at radius 2 is 2.20 bits per heavy atom. The largest absolute Gasteiger partial charge is 0.309 e. The molecule has 82 valence electrons. The van der Waals surface area contributed by atoms with E-state index in [0.717, 1.165) is 5.92 Å². The summed E-state index contributed by atoms with van der Waals surface area (Å²) in [6.07, 6.45) is 8.81. The van der Waals surface area contributed by atoms with E-state index in [-0.39, 0.29) is 0 Å². The van der Waals surface area contributed by atoms with Crippen molar-refractivity contribution >= 4 is 0 Å². The summed E-state index contributed by atoms with van der Waals surface area (Å²) in [7, 11) is 2.08. The molecular weight excluding hydrogens is 186 g/mol. The summed E-state index contributed by atoms with van der Waals surface area (Å²) >= 11 is 0. The third kappa shape index (κ3) is 1.49. The Balaban J connectivity index is 1.92. The van der Waals surface area contributed by atoms with Gasteiger partial charge in [0, 0.05) is 13.1 Å². The first-order valence-electron chi connectivity index (χ1n) is 6.11. The Kier molecular flexibility index (Phi) is 2.28. The predicted molar refractivity (Wildman–Crippen MR) is 59.8 cm³/mol. The van der Waals surface area contributed by atoms with Gasteiger partial charge in [-0.2, -0.15) is 5.10 Å². The number of aromatic nitrogens is 2. The number of hydrogen-bond acceptors (Lipinski definition) is 2. The quantitative estimate of drug-likeness (QED) is 0.801. The standard InChI is InChI=1S/C12H19N3/c1-15-12(11-6-3-7-13-11)10(8-14-15)9-4-2-5-9/h8-9,11,13H,2-7H2,1H3. The van der Waals surface area contributed by atoms with E-state index >= 15 is 0 Å². The number of rotatable bonds is 2. The fraction of sp³-hybridized carbons (Fsp3) is 0.750. The summed E-state index contributed by atoms with van der Waals surface area (Å²) in [6, 6.07) is 0.563. The van der Waals surface area contributed by atoms with Gasteiger partial charge in [0.1, 0.15) is 0 Å². The van der Waals surface area contributed by atoms with Gasteiger partial charge in [0.25, 0.3) is 0 Å². The molecule has 3 heteroatoms. The minimum absolute atomic E-state index is 0.563. The van der Waals surface area contributed by atoms with E-state index in [1.807, 2.05) is 0 Å². The Morgan fingerprint density at radius 1 is 1.33 bits per heavy atom. The van der Waals surface area contributed by atoms with Crippen LogP contribution in [0.15, 0.2) is 6.20 Å². The van der Waals surface area contributed by atoms with Crippen molar-refractivity contribution in [1.82, 2.24) is 15.1 Å². The van der Waals surface area contributed by atoms with Crippen LogP contribution in [0.2, 0.25) is 0 Å². The molecule has 3 nitrogen and oxygen atoms in total. The first kappa shape index (κ1) is 9.40. The van der Waals surface area contributed by atoms with Crippen molar-refractivity contribution in [2.45, 2.75) is 44.1 Å². The third-order valence-corrected chi connectivity index (χ3v) is 3.95. The van der Waals surface area contributed by atoms with Crippen molar-refractivity contribution in [1.29, 1.82) is 0 Å². The van der Waals surface area contributed by atoms with Gasteiger partial charge in [-0.15, -0.1) is 0 Å². The second-order valence-corrected chi connectivity index (χ2v) is 4.89. The first-order chi connectivity index (χ1) is 7.36. The lowest BCUT2D eigenvalue weighted by atomic mass is 9.79. The minimum atomic E-state index is 0.563. The van der Waals surface area contributed by atoms with Crippen LogP contribution in [0, 0.1) is 0 Å². The SMILES string of the molecule is Cn1ncc(C2CCC2)c1C1CCCN1. The van der Waals surface area contributed by atoms with Gasteiger partial charge in [-0.25, -0.2) is 0 Å². The molecule has 2 aliphatic rings. The molecule has 1 unspecified atom stereocenters. The average molecular weight is 205 g/mol. The molecule has 1 N–H and O–H groups in total. The Morgan fingerprint density at radius 3 is 2.80 bits per heavy atom. The summed E-state index contributed by atoms with van der Waals surface area (Å²) in [6.45, 7) is 1.17. The Hall–Kier alpha value is -0.830. The van der Waals surface area contributed by atoms with E-state index in [2.05, 4.69) is 28.3 Å². The molecule has 1 atom stereocenters. The molecule has 0 bridgehead atoms. The van der Waals surface area contributed by atoms with Crippen LogP contribution in [0.25, 0.3) is 0 Å². The molecule has 1 aliphatic heterocycles. The molecule has 2 heterocycles. The molecule has 1 aliphatic carbocycles. The number of aryl methyl sites for hydroxylation is 1. The van der Waals surface area contributed by atoms with Crippen LogP contribution in [0.1, 0.15) is 55.3 Å². The van der Waals surface area contributed by atoms with E-state index in [1.54, 1.807) is 0 Å². The highest BCUT2D eigenvalue weighted by Crippen LogP contribution is 2.40. The third-order valence-electron chi connectivity index (χ3n) is 3.95. The lowest BCUT2D eigenvalue weighted by molar-refractivity contribution is 0.412. The van der Waals surface area contributed by atoms with Gasteiger partial charge >= 0.3 is 0 Å². The smallest absolute Gasteiger partial charge is 0.0585 e. The summed E-state index contributed by atoms with van der Waals surface area (Å²) in [5, 5.41) is 8.02. The predicted octanol–water partition coefficient (Wildman–Crippen LogP) is 2.11. The molecule has 0 aromatic carbocycles. The fourth-order valence-electron chi connectivity index (χ4n) is 2.84. The van der Waals surface area contributed by atoms with Crippen LogP contribution in [0.4, 0.5) is 0 Å². The molecule has 0 amide bonds. The number of hydrogen-bond donors (Lipinski definition) is 1. The molecule has 1 aromatic rings. The molecule has 1 aromatic heterocycles. The minimum Gasteiger partial charge on any atom is -0.309 e. The van der Waals surface area contributed by atoms with Crippen LogP contribution in [0.5, 0.6) is 0 Å². The molecule has 1 saturated carbocycles. The van der Waals surface area contributed by atoms with Gasteiger partial charge in [-0.3, -0.25) is 4.68 Å². The molecule has 3 rings (SSSR count). The topological polar surface area (TPSA) is 29.9 Å². The molecule has 0 radical (unpaired) electrons. The number of nitrogens with zero attached hydrogens (tertiary/aromatic N) is 2. The second-order valence-electron chi connectivity index (χ2n) is 4.89. The van der Waals surface area contributed by atoms with E-state index in [4.69, 9.17) is 0 Å². The van der Waals surface area contributed by atoms with Crippen molar-refractivity contribution in [3.05, 3.63) is 17.5 Å². The molecule has 2 fully saturated rings. The van der Waals surface area contributed by atoms with Crippen LogP contribution in [-0.2, 0) is 7.05 Å². The summed E-state index contributed by atoms with van der Waals surface area (Å²) < 4.78 is 2.08. The molecular formula is C12H19N3. The maximum Gasteiger partial charge on any atom is 0.0585 e. The number of nitrogens with one attached hydrogen (secondary N) is 1. The van der Waals surface area contributed by atoms with Crippen molar-refractivity contribution < 1.29 is 0 Å². The van der Waals surface area contributed by atoms with E-state index < -0.39 is 0 Å². The molecule has 1 saturated heterocycles. The first-order valence-corrected chi connectivity index (χ1v) is 6.11. The summed E-state index contributed by atoms with van der Waals surface area (Å²) in [4.78, 5) is 0. The van der Waals surface area contributed by atoms with Crippen LogP contribution >= 0.6 is 0 Å². The zero-order valence-electron chi connectivity index (χ0n) is 9.37. The summed E-state index contributed by atoms with van der Waals surface area (Å²) in [5.74, 6) is 0.802. The van der Waals surface area contributed by atoms with Crippen LogP contribution in [-0.4, -0.2) is 16.3 Å². The Bertz CT molecular complexity index is 346. The highest BCUT2D eigenvalue weighted by atomic mass is 15.3.